The lowest BCUT2D eigenvalue weighted by molar-refractivity contribution is -0.118. The Balaban J connectivity index is 2.56. The molecule has 3 nitrogen and oxygen atoms in total. The molecule has 1 N–H and O–H groups in total. The number of rotatable bonds is 2. The third kappa shape index (κ3) is 2.92. The average Bonchev–Trinajstić information content (AvgIpc) is 2.19. The van der Waals surface area contributed by atoms with Gasteiger partial charge < -0.3 is 5.32 Å². The highest BCUT2D eigenvalue weighted by Crippen LogP contribution is 2.15. The second-order valence-electron chi connectivity index (χ2n) is 2.68. The van der Waals surface area contributed by atoms with Gasteiger partial charge in [-0.25, -0.2) is 0 Å². The summed E-state index contributed by atoms with van der Waals surface area (Å²) in [7, 11) is 0. The minimum atomic E-state index is -0.207. The van der Waals surface area contributed by atoms with Crippen molar-refractivity contribution in [3.05, 3.63) is 23.4 Å². The van der Waals surface area contributed by atoms with E-state index in [1.807, 2.05) is 0 Å². The number of allylic oxidation sites excluding steroid dienone is 4. The van der Waals surface area contributed by atoms with Gasteiger partial charge in [0, 0.05) is 11.3 Å². The number of nitriles is 1. The molecule has 0 atom stereocenters. The molecule has 0 heterocycles. The van der Waals surface area contributed by atoms with E-state index in [1.54, 1.807) is 12.2 Å². The molecule has 1 aliphatic rings. The Morgan fingerprint density at radius 1 is 1.62 bits per heavy atom. The van der Waals surface area contributed by atoms with E-state index in [0.717, 1.165) is 11.3 Å². The van der Waals surface area contributed by atoms with Crippen molar-refractivity contribution < 1.29 is 4.79 Å². The smallest absolute Gasteiger partial charge is 0.239 e. The van der Waals surface area contributed by atoms with Crippen molar-refractivity contribution in [2.75, 3.05) is 5.88 Å². The monoisotopic (exact) mass is 196 g/mol. The molecule has 0 spiro atoms. The zero-order valence-electron chi connectivity index (χ0n) is 7.01. The minimum absolute atomic E-state index is 0.0356. The van der Waals surface area contributed by atoms with Crippen LogP contribution in [0.2, 0.25) is 0 Å². The summed E-state index contributed by atoms with van der Waals surface area (Å²) in [6.07, 6.45) is 4.84. The Morgan fingerprint density at radius 3 is 2.85 bits per heavy atom. The summed E-state index contributed by atoms with van der Waals surface area (Å²) in [5.74, 6) is -0.242. The van der Waals surface area contributed by atoms with E-state index in [0.29, 0.717) is 12.8 Å². The molecule has 0 aromatic rings. The highest BCUT2D eigenvalue weighted by Gasteiger charge is 2.07. The van der Waals surface area contributed by atoms with Crippen molar-refractivity contribution >= 4 is 17.5 Å². The van der Waals surface area contributed by atoms with Crippen LogP contribution in [0.4, 0.5) is 0 Å². The number of carbonyl (C=O) groups is 1. The molecule has 13 heavy (non-hydrogen) atoms. The standard InChI is InChI=1S/C9H9ClN2O/c10-5-9(13)12-8-3-1-7(6-11)2-4-8/h1,3H,2,4-5H2,(H,12,13). The second-order valence-corrected chi connectivity index (χ2v) is 2.94. The van der Waals surface area contributed by atoms with E-state index in [1.165, 1.54) is 0 Å². The molecule has 0 aromatic heterocycles. The molecular formula is C9H9ClN2O. The molecule has 1 amide bonds. The van der Waals surface area contributed by atoms with E-state index in [2.05, 4.69) is 11.4 Å². The van der Waals surface area contributed by atoms with E-state index < -0.39 is 0 Å². The summed E-state index contributed by atoms with van der Waals surface area (Å²) in [6, 6.07) is 2.07. The van der Waals surface area contributed by atoms with E-state index in [4.69, 9.17) is 16.9 Å². The summed E-state index contributed by atoms with van der Waals surface area (Å²) < 4.78 is 0. The van der Waals surface area contributed by atoms with Crippen molar-refractivity contribution in [3.63, 3.8) is 0 Å². The predicted octanol–water partition coefficient (Wildman–Crippen LogP) is 1.47. The van der Waals surface area contributed by atoms with Gasteiger partial charge in [0.15, 0.2) is 0 Å². The van der Waals surface area contributed by atoms with Crippen LogP contribution in [0.3, 0.4) is 0 Å². The third-order valence-corrected chi connectivity index (χ3v) is 1.96. The van der Waals surface area contributed by atoms with Crippen molar-refractivity contribution in [2.24, 2.45) is 0 Å². The average molecular weight is 197 g/mol. The maximum Gasteiger partial charge on any atom is 0.239 e. The van der Waals surface area contributed by atoms with Gasteiger partial charge in [0.1, 0.15) is 5.88 Å². The van der Waals surface area contributed by atoms with Crippen LogP contribution >= 0.6 is 11.6 Å². The molecule has 4 heteroatoms. The van der Waals surface area contributed by atoms with E-state index in [-0.39, 0.29) is 11.8 Å². The molecule has 0 fully saturated rings. The van der Waals surface area contributed by atoms with Crippen molar-refractivity contribution in [1.29, 1.82) is 5.26 Å². The third-order valence-electron chi connectivity index (χ3n) is 1.71. The lowest BCUT2D eigenvalue weighted by atomic mass is 10.0. The summed E-state index contributed by atoms with van der Waals surface area (Å²) in [5, 5.41) is 11.2. The van der Waals surface area contributed by atoms with Gasteiger partial charge in [-0.15, -0.1) is 11.6 Å². The van der Waals surface area contributed by atoms with Gasteiger partial charge in [0.2, 0.25) is 5.91 Å². The van der Waals surface area contributed by atoms with Crippen LogP contribution in [0.25, 0.3) is 0 Å². The number of halogens is 1. The molecule has 0 saturated carbocycles. The van der Waals surface area contributed by atoms with Gasteiger partial charge in [-0.2, -0.15) is 5.26 Å². The van der Waals surface area contributed by atoms with E-state index in [9.17, 15) is 4.79 Å². The SMILES string of the molecule is N#CC1=CC=C(NC(=O)CCl)CC1. The zero-order chi connectivity index (χ0) is 9.68. The first-order valence-electron chi connectivity index (χ1n) is 3.92. The lowest BCUT2D eigenvalue weighted by Gasteiger charge is -2.10. The summed E-state index contributed by atoms with van der Waals surface area (Å²) in [4.78, 5) is 10.9. The highest BCUT2D eigenvalue weighted by molar-refractivity contribution is 6.27. The molecule has 0 aliphatic heterocycles. The molecule has 0 bridgehead atoms. The van der Waals surface area contributed by atoms with Crippen molar-refractivity contribution in [3.8, 4) is 6.07 Å². The number of carbonyl (C=O) groups excluding carboxylic acids is 1. The maximum atomic E-state index is 10.9. The zero-order valence-corrected chi connectivity index (χ0v) is 7.77. The largest absolute Gasteiger partial charge is 0.329 e. The summed E-state index contributed by atoms with van der Waals surface area (Å²) in [5.41, 5.74) is 1.56. The first-order chi connectivity index (χ1) is 6.26. The molecule has 68 valence electrons. The van der Waals surface area contributed by atoms with Crippen molar-refractivity contribution in [2.45, 2.75) is 12.8 Å². The normalized spacial score (nSPS) is 15.4. The predicted molar refractivity (Wildman–Crippen MR) is 49.9 cm³/mol. The number of hydrogen-bond acceptors (Lipinski definition) is 2. The Morgan fingerprint density at radius 2 is 2.38 bits per heavy atom. The highest BCUT2D eigenvalue weighted by atomic mass is 35.5. The molecule has 0 radical (unpaired) electrons. The molecule has 0 unspecified atom stereocenters. The molecule has 0 aromatic carbocycles. The van der Waals surface area contributed by atoms with Gasteiger partial charge in [0.25, 0.3) is 0 Å². The second kappa shape index (κ2) is 4.68. The number of alkyl halides is 1. The number of nitrogens with zero attached hydrogens (tertiary/aromatic N) is 1. The van der Waals surface area contributed by atoms with E-state index >= 15 is 0 Å². The van der Waals surface area contributed by atoms with Gasteiger partial charge in [0.05, 0.1) is 6.07 Å². The van der Waals surface area contributed by atoms with Crippen LogP contribution in [0, 0.1) is 11.3 Å². The summed E-state index contributed by atoms with van der Waals surface area (Å²) in [6.45, 7) is 0. The molecule has 1 rings (SSSR count). The van der Waals surface area contributed by atoms with Gasteiger partial charge in [-0.3, -0.25) is 4.79 Å². The fourth-order valence-electron chi connectivity index (χ4n) is 1.05. The molecule has 1 aliphatic carbocycles. The van der Waals surface area contributed by atoms with Crippen LogP contribution in [-0.2, 0) is 4.79 Å². The molecular weight excluding hydrogens is 188 g/mol. The Kier molecular flexibility index (Phi) is 3.53. The van der Waals surface area contributed by atoms with Gasteiger partial charge in [-0.05, 0) is 25.0 Å². The summed E-state index contributed by atoms with van der Waals surface area (Å²) >= 11 is 5.32. The van der Waals surface area contributed by atoms with Crippen molar-refractivity contribution in [1.82, 2.24) is 5.32 Å². The first-order valence-corrected chi connectivity index (χ1v) is 4.45. The fraction of sp³-hybridized carbons (Fsp3) is 0.333. The Hall–Kier alpha value is -1.27. The van der Waals surface area contributed by atoms with Gasteiger partial charge in [-0.1, -0.05) is 0 Å². The topological polar surface area (TPSA) is 52.9 Å². The number of hydrogen-bond donors (Lipinski definition) is 1. The number of amides is 1. The minimum Gasteiger partial charge on any atom is -0.329 e. The van der Waals surface area contributed by atoms with Crippen LogP contribution in [-0.4, -0.2) is 11.8 Å². The van der Waals surface area contributed by atoms with Crippen LogP contribution in [0.1, 0.15) is 12.8 Å². The molecule has 0 saturated heterocycles. The Bertz CT molecular complexity index is 312. The Labute approximate surface area is 81.7 Å². The van der Waals surface area contributed by atoms with Crippen LogP contribution < -0.4 is 5.32 Å². The number of nitrogens with one attached hydrogen (secondary N) is 1. The quantitative estimate of drug-likeness (QED) is 0.680. The lowest BCUT2D eigenvalue weighted by Crippen LogP contribution is -2.24. The maximum absolute atomic E-state index is 10.9. The van der Waals surface area contributed by atoms with Crippen LogP contribution in [0.5, 0.6) is 0 Å². The first kappa shape index (κ1) is 9.82. The van der Waals surface area contributed by atoms with Gasteiger partial charge >= 0.3 is 0 Å². The van der Waals surface area contributed by atoms with Crippen LogP contribution in [0.15, 0.2) is 23.4 Å². The fourth-order valence-corrected chi connectivity index (χ4v) is 1.11.